The second-order valence-electron chi connectivity index (χ2n) is 7.09. The number of H-pyrrole nitrogens is 1. The first-order chi connectivity index (χ1) is 12.3. The Morgan fingerprint density at radius 3 is 2.77 bits per heavy atom. The predicted octanol–water partition coefficient (Wildman–Crippen LogP) is 1.20. The molecule has 2 aliphatic heterocycles. The number of aromatic nitrogens is 2. The molecule has 8 nitrogen and oxygen atoms in total. The predicted molar refractivity (Wildman–Crippen MR) is 91.4 cm³/mol. The lowest BCUT2D eigenvalue weighted by Gasteiger charge is -2.30. The summed E-state index contributed by atoms with van der Waals surface area (Å²) in [7, 11) is 0. The molecule has 3 unspecified atom stereocenters. The minimum atomic E-state index is -1.07. The van der Waals surface area contributed by atoms with E-state index in [1.165, 1.54) is 11.8 Å². The molecule has 2 aromatic rings. The number of aromatic amines is 1. The molecule has 26 heavy (non-hydrogen) atoms. The number of Topliss-reactive ketones (excluding diaryl/α,β-unsaturated/α-hetero) is 2. The molecule has 2 aliphatic rings. The van der Waals surface area contributed by atoms with E-state index in [0.717, 1.165) is 11.0 Å². The second kappa shape index (κ2) is 5.72. The molecule has 0 spiro atoms. The average Bonchev–Trinajstić information content (AvgIpc) is 3.24. The number of fused-ring (bicyclic) bond motifs is 1. The average molecular weight is 357 g/mol. The van der Waals surface area contributed by atoms with Crippen LogP contribution in [0.4, 0.5) is 5.69 Å². The van der Waals surface area contributed by atoms with E-state index in [4.69, 9.17) is 9.47 Å². The quantitative estimate of drug-likeness (QED) is 0.654. The summed E-state index contributed by atoms with van der Waals surface area (Å²) in [5.74, 6) is -3.67. The molecule has 0 bridgehead atoms. The van der Waals surface area contributed by atoms with Crippen LogP contribution < -0.4 is 4.90 Å². The molecule has 4 rings (SSSR count). The topological polar surface area (TPSA) is 102 Å². The van der Waals surface area contributed by atoms with Gasteiger partial charge < -0.3 is 14.5 Å². The molecule has 2 fully saturated rings. The number of hydrogen-bond donors (Lipinski definition) is 1. The van der Waals surface area contributed by atoms with Crippen molar-refractivity contribution in [2.24, 2.45) is 5.92 Å². The van der Waals surface area contributed by atoms with Crippen molar-refractivity contribution in [3.63, 3.8) is 0 Å². The van der Waals surface area contributed by atoms with Crippen molar-refractivity contribution < 1.29 is 23.9 Å². The standard InChI is InChI=1S/C18H19N3O5/c1-9(22)14-15(13-7-25-18(2,3)26-13)21(17(24)16(14)23)10-4-5-11-12(6-10)20-8-19-11/h4-6,8,13-15H,7H2,1-3H3,(H,19,20). The number of anilines is 1. The number of benzene rings is 1. The van der Waals surface area contributed by atoms with Crippen molar-refractivity contribution in [1.29, 1.82) is 0 Å². The summed E-state index contributed by atoms with van der Waals surface area (Å²) in [5, 5.41) is 0. The van der Waals surface area contributed by atoms with Gasteiger partial charge in [0.1, 0.15) is 17.8 Å². The van der Waals surface area contributed by atoms with Gasteiger partial charge in [0.25, 0.3) is 5.91 Å². The highest BCUT2D eigenvalue weighted by Crippen LogP contribution is 2.37. The van der Waals surface area contributed by atoms with Crippen molar-refractivity contribution in [3.8, 4) is 0 Å². The number of hydrogen-bond acceptors (Lipinski definition) is 6. The molecule has 0 radical (unpaired) electrons. The van der Waals surface area contributed by atoms with Crippen molar-refractivity contribution in [2.45, 2.75) is 38.7 Å². The monoisotopic (exact) mass is 357 g/mol. The van der Waals surface area contributed by atoms with Gasteiger partial charge in [-0.3, -0.25) is 19.3 Å². The number of imidazole rings is 1. The highest BCUT2D eigenvalue weighted by molar-refractivity contribution is 6.48. The van der Waals surface area contributed by atoms with Gasteiger partial charge in [-0.25, -0.2) is 4.98 Å². The van der Waals surface area contributed by atoms with Gasteiger partial charge >= 0.3 is 0 Å². The number of amides is 1. The van der Waals surface area contributed by atoms with Crippen LogP contribution in [0.15, 0.2) is 24.5 Å². The summed E-state index contributed by atoms with van der Waals surface area (Å²) in [6, 6.07) is 4.47. The van der Waals surface area contributed by atoms with Gasteiger partial charge in [0, 0.05) is 5.69 Å². The molecule has 1 aromatic heterocycles. The Bertz CT molecular complexity index is 918. The molecule has 3 heterocycles. The minimum absolute atomic E-state index is 0.199. The van der Waals surface area contributed by atoms with E-state index in [9.17, 15) is 14.4 Å². The van der Waals surface area contributed by atoms with Gasteiger partial charge in [0.05, 0.1) is 30.0 Å². The Balaban J connectivity index is 1.80. The zero-order valence-electron chi connectivity index (χ0n) is 14.7. The van der Waals surface area contributed by atoms with E-state index < -0.39 is 35.5 Å². The van der Waals surface area contributed by atoms with Crippen molar-refractivity contribution in [2.75, 3.05) is 11.5 Å². The maximum absolute atomic E-state index is 12.7. The van der Waals surface area contributed by atoms with E-state index in [2.05, 4.69) is 9.97 Å². The van der Waals surface area contributed by atoms with Crippen molar-refractivity contribution in [3.05, 3.63) is 24.5 Å². The second-order valence-corrected chi connectivity index (χ2v) is 7.09. The van der Waals surface area contributed by atoms with E-state index in [1.54, 1.807) is 38.4 Å². The molecule has 8 heteroatoms. The van der Waals surface area contributed by atoms with Crippen LogP contribution in [0.5, 0.6) is 0 Å². The van der Waals surface area contributed by atoms with E-state index >= 15 is 0 Å². The first-order valence-electron chi connectivity index (χ1n) is 8.41. The molecule has 1 amide bonds. The third kappa shape index (κ3) is 2.53. The number of nitrogens with one attached hydrogen (secondary N) is 1. The van der Waals surface area contributed by atoms with Crippen LogP contribution in [-0.4, -0.2) is 52.0 Å². The van der Waals surface area contributed by atoms with Gasteiger partial charge in [0.2, 0.25) is 5.78 Å². The third-order valence-corrected chi connectivity index (χ3v) is 4.88. The van der Waals surface area contributed by atoms with E-state index in [-0.39, 0.29) is 12.4 Å². The maximum atomic E-state index is 12.7. The third-order valence-electron chi connectivity index (χ3n) is 4.88. The lowest BCUT2D eigenvalue weighted by atomic mass is 9.91. The number of ether oxygens (including phenoxy) is 2. The molecular weight excluding hydrogens is 338 g/mol. The van der Waals surface area contributed by atoms with Crippen LogP contribution in [0.25, 0.3) is 11.0 Å². The number of carbonyl (C=O) groups excluding carboxylic acids is 3. The molecule has 2 saturated heterocycles. The van der Waals surface area contributed by atoms with Gasteiger partial charge in [0.15, 0.2) is 5.79 Å². The van der Waals surface area contributed by atoms with Crippen LogP contribution in [0, 0.1) is 5.92 Å². The lowest BCUT2D eigenvalue weighted by molar-refractivity contribution is -0.145. The zero-order valence-corrected chi connectivity index (χ0v) is 14.7. The summed E-state index contributed by atoms with van der Waals surface area (Å²) < 4.78 is 11.5. The fourth-order valence-corrected chi connectivity index (χ4v) is 3.74. The van der Waals surface area contributed by atoms with Crippen LogP contribution in [-0.2, 0) is 23.9 Å². The van der Waals surface area contributed by atoms with Crippen molar-refractivity contribution in [1.82, 2.24) is 9.97 Å². The number of nitrogens with zero attached hydrogens (tertiary/aromatic N) is 2. The Labute approximate surface area is 149 Å². The summed E-state index contributed by atoms with van der Waals surface area (Å²) in [4.78, 5) is 45.9. The normalized spacial score (nSPS) is 28.3. The zero-order chi connectivity index (χ0) is 18.6. The SMILES string of the molecule is CC(=O)C1C(=O)C(=O)N(c2ccc3nc[nH]c3c2)C1C1COC(C)(C)O1. The summed E-state index contributed by atoms with van der Waals surface area (Å²) in [6.45, 7) is 5.04. The Morgan fingerprint density at radius 2 is 2.12 bits per heavy atom. The smallest absolute Gasteiger partial charge is 0.295 e. The fraction of sp³-hybridized carbons (Fsp3) is 0.444. The molecule has 1 N–H and O–H groups in total. The van der Waals surface area contributed by atoms with Crippen LogP contribution in [0.1, 0.15) is 20.8 Å². The summed E-state index contributed by atoms with van der Waals surface area (Å²) in [5.41, 5.74) is 1.99. The summed E-state index contributed by atoms with van der Waals surface area (Å²) in [6.07, 6.45) is 0.976. The van der Waals surface area contributed by atoms with Gasteiger partial charge in [-0.15, -0.1) is 0 Å². The molecule has 1 aromatic carbocycles. The van der Waals surface area contributed by atoms with Gasteiger partial charge in [-0.1, -0.05) is 0 Å². The van der Waals surface area contributed by atoms with Crippen LogP contribution >= 0.6 is 0 Å². The van der Waals surface area contributed by atoms with Gasteiger partial charge in [-0.05, 0) is 39.0 Å². The maximum Gasteiger partial charge on any atom is 0.295 e. The first kappa shape index (κ1) is 16.9. The van der Waals surface area contributed by atoms with Gasteiger partial charge in [-0.2, -0.15) is 0 Å². The number of carbonyl (C=O) groups is 3. The van der Waals surface area contributed by atoms with E-state index in [0.29, 0.717) is 5.69 Å². The molecular formula is C18H19N3O5. The fourth-order valence-electron chi connectivity index (χ4n) is 3.74. The molecule has 136 valence electrons. The van der Waals surface area contributed by atoms with E-state index in [1.807, 2.05) is 0 Å². The highest BCUT2D eigenvalue weighted by atomic mass is 16.7. The number of ketones is 2. The van der Waals surface area contributed by atoms with Crippen LogP contribution in [0.2, 0.25) is 0 Å². The lowest BCUT2D eigenvalue weighted by Crippen LogP contribution is -2.47. The highest BCUT2D eigenvalue weighted by Gasteiger charge is 2.56. The summed E-state index contributed by atoms with van der Waals surface area (Å²) >= 11 is 0. The van der Waals surface area contributed by atoms with Crippen molar-refractivity contribution >= 4 is 34.2 Å². The molecule has 0 aliphatic carbocycles. The molecule has 3 atom stereocenters. The minimum Gasteiger partial charge on any atom is -0.348 e. The first-order valence-corrected chi connectivity index (χ1v) is 8.41. The number of rotatable bonds is 3. The van der Waals surface area contributed by atoms with Crippen LogP contribution in [0.3, 0.4) is 0 Å². The Kier molecular flexibility index (Phi) is 3.71. The Morgan fingerprint density at radius 1 is 1.35 bits per heavy atom. The largest absolute Gasteiger partial charge is 0.348 e. The molecule has 0 saturated carbocycles. The Hall–Kier alpha value is -2.58.